The Balaban J connectivity index is 2.30. The molecule has 1 aliphatic rings. The third-order valence-corrected chi connectivity index (χ3v) is 6.45. The van der Waals surface area contributed by atoms with Gasteiger partial charge in [0, 0.05) is 30.5 Å². The Bertz CT molecular complexity index is 1280. The minimum absolute atomic E-state index is 0.131. The van der Waals surface area contributed by atoms with Crippen LogP contribution in [-0.2, 0) is 30.4 Å². The molecule has 1 aliphatic heterocycles. The summed E-state index contributed by atoms with van der Waals surface area (Å²) in [5.74, 6) is -4.92. The van der Waals surface area contributed by atoms with Crippen molar-refractivity contribution < 1.29 is 29.1 Å². The Morgan fingerprint density at radius 2 is 1.49 bits per heavy atom. The first kappa shape index (κ1) is 29.3. The van der Waals surface area contributed by atoms with Gasteiger partial charge in [-0.05, 0) is 11.5 Å². The first-order valence-electron chi connectivity index (χ1n) is 12.8. The van der Waals surface area contributed by atoms with Gasteiger partial charge in [-0.1, -0.05) is 95.3 Å². The lowest BCUT2D eigenvalue weighted by atomic mass is 9.90. The number of hydrogen-bond donors (Lipinski definition) is 1. The van der Waals surface area contributed by atoms with Crippen LogP contribution in [-0.4, -0.2) is 61.6 Å². The Morgan fingerprint density at radius 1 is 0.949 bits per heavy atom. The van der Waals surface area contributed by atoms with Gasteiger partial charge in [-0.2, -0.15) is 0 Å². The summed E-state index contributed by atoms with van der Waals surface area (Å²) in [4.78, 5) is 67.5. The predicted octanol–water partition coefficient (Wildman–Crippen LogP) is 3.76. The summed E-state index contributed by atoms with van der Waals surface area (Å²) in [6.45, 7) is 10.0. The zero-order chi connectivity index (χ0) is 29.1. The largest absolute Gasteiger partial charge is 0.475 e. The maximum atomic E-state index is 14.3. The molecule has 1 unspecified atom stereocenters. The molecule has 9 nitrogen and oxygen atoms in total. The van der Waals surface area contributed by atoms with Gasteiger partial charge in [0.1, 0.15) is 12.1 Å². The monoisotopic (exact) mass is 533 g/mol. The van der Waals surface area contributed by atoms with E-state index >= 15 is 0 Å². The van der Waals surface area contributed by atoms with Crippen LogP contribution in [0.15, 0.2) is 66.9 Å². The average molecular weight is 534 g/mol. The van der Waals surface area contributed by atoms with Crippen molar-refractivity contribution in [2.75, 3.05) is 0 Å². The van der Waals surface area contributed by atoms with Crippen molar-refractivity contribution in [1.29, 1.82) is 0 Å². The molecule has 3 amide bonds. The average Bonchev–Trinajstić information content (AvgIpc) is 2.88. The maximum Gasteiger partial charge on any atom is 0.374 e. The van der Waals surface area contributed by atoms with E-state index in [4.69, 9.17) is 0 Å². The topological polar surface area (TPSA) is 115 Å². The minimum Gasteiger partial charge on any atom is -0.475 e. The van der Waals surface area contributed by atoms with E-state index in [1.165, 1.54) is 18.0 Å². The summed E-state index contributed by atoms with van der Waals surface area (Å²) in [5, 5.41) is 11.7. The highest BCUT2D eigenvalue weighted by Crippen LogP contribution is 2.35. The standard InChI is InChI=1S/C30H35N3O6/c1-19(2)25-27(36)33(24(22-15-11-8-12-16-22)18-31(25)29(39)30(4,5)6)32(20(3)34)23(26(35)28(37)38)17-21-13-9-7-10-14-21/h7-16,18-19,23,25H,17H2,1-6H3,(H,37,38)/t23-,25?/m0/s1. The van der Waals surface area contributed by atoms with E-state index in [0.717, 1.165) is 10.0 Å². The Kier molecular flexibility index (Phi) is 8.74. The van der Waals surface area contributed by atoms with Gasteiger partial charge >= 0.3 is 5.97 Å². The molecule has 39 heavy (non-hydrogen) atoms. The summed E-state index contributed by atoms with van der Waals surface area (Å²) < 4.78 is 0. The van der Waals surface area contributed by atoms with Crippen LogP contribution in [0.25, 0.3) is 5.70 Å². The number of nitrogens with zero attached hydrogens (tertiary/aromatic N) is 3. The quantitative estimate of drug-likeness (QED) is 0.517. The van der Waals surface area contributed by atoms with E-state index in [1.54, 1.807) is 95.3 Å². The Morgan fingerprint density at radius 3 is 1.95 bits per heavy atom. The van der Waals surface area contributed by atoms with Gasteiger partial charge in [-0.25, -0.2) is 14.8 Å². The fraction of sp³-hybridized carbons (Fsp3) is 0.367. The van der Waals surface area contributed by atoms with Crippen molar-refractivity contribution >= 4 is 35.2 Å². The fourth-order valence-electron chi connectivity index (χ4n) is 4.61. The first-order valence-corrected chi connectivity index (χ1v) is 12.8. The van der Waals surface area contributed by atoms with Crippen molar-refractivity contribution in [3.63, 3.8) is 0 Å². The van der Waals surface area contributed by atoms with Crippen LogP contribution in [0.5, 0.6) is 0 Å². The summed E-state index contributed by atoms with van der Waals surface area (Å²) in [7, 11) is 0. The number of rotatable bonds is 8. The number of aliphatic carboxylic acids is 1. The van der Waals surface area contributed by atoms with Crippen LogP contribution in [0.4, 0.5) is 0 Å². The van der Waals surface area contributed by atoms with E-state index < -0.39 is 41.1 Å². The van der Waals surface area contributed by atoms with Crippen molar-refractivity contribution in [2.45, 2.75) is 60.0 Å². The molecule has 0 spiro atoms. The highest BCUT2D eigenvalue weighted by atomic mass is 16.4. The molecule has 0 bridgehead atoms. The second kappa shape index (κ2) is 11.6. The number of carbonyl (C=O) groups is 5. The number of carboxylic acid groups (broad SMARTS) is 1. The lowest BCUT2D eigenvalue weighted by Crippen LogP contribution is -2.64. The van der Waals surface area contributed by atoms with E-state index in [1.807, 2.05) is 0 Å². The molecule has 1 N–H and O–H groups in total. The van der Waals surface area contributed by atoms with Crippen molar-refractivity contribution in [3.05, 3.63) is 78.0 Å². The number of ketones is 1. The number of carbonyl (C=O) groups excluding carboxylic acids is 4. The molecule has 1 heterocycles. The smallest absolute Gasteiger partial charge is 0.374 e. The van der Waals surface area contributed by atoms with Crippen LogP contribution < -0.4 is 0 Å². The molecular formula is C30H35N3O6. The number of hydrogen-bond acceptors (Lipinski definition) is 5. The second-order valence-corrected chi connectivity index (χ2v) is 10.9. The van der Waals surface area contributed by atoms with Gasteiger partial charge in [-0.15, -0.1) is 0 Å². The Hall–Kier alpha value is -4.27. The van der Waals surface area contributed by atoms with Crippen LogP contribution >= 0.6 is 0 Å². The van der Waals surface area contributed by atoms with Crippen LogP contribution in [0.1, 0.15) is 52.7 Å². The number of amides is 3. The fourth-order valence-corrected chi connectivity index (χ4v) is 4.61. The first-order chi connectivity index (χ1) is 18.3. The summed E-state index contributed by atoms with van der Waals surface area (Å²) >= 11 is 0. The van der Waals surface area contributed by atoms with E-state index in [0.29, 0.717) is 11.1 Å². The molecule has 2 atom stereocenters. The highest BCUT2D eigenvalue weighted by molar-refractivity contribution is 6.35. The van der Waals surface area contributed by atoms with Crippen molar-refractivity contribution in [1.82, 2.24) is 14.9 Å². The number of carboxylic acids is 1. The highest BCUT2D eigenvalue weighted by Gasteiger charge is 2.48. The summed E-state index contributed by atoms with van der Waals surface area (Å²) in [5.41, 5.74) is 0.486. The molecule has 9 heteroatoms. The molecule has 206 valence electrons. The van der Waals surface area contributed by atoms with E-state index in [9.17, 15) is 29.1 Å². The lowest BCUT2D eigenvalue weighted by molar-refractivity contribution is -0.171. The van der Waals surface area contributed by atoms with Gasteiger partial charge in [-0.3, -0.25) is 19.2 Å². The zero-order valence-corrected chi connectivity index (χ0v) is 23.1. The molecular weight excluding hydrogens is 498 g/mol. The van der Waals surface area contributed by atoms with E-state index in [2.05, 4.69) is 0 Å². The van der Waals surface area contributed by atoms with Gasteiger partial charge in [0.15, 0.2) is 0 Å². The number of hydrazine groups is 1. The zero-order valence-electron chi connectivity index (χ0n) is 23.1. The van der Waals surface area contributed by atoms with Gasteiger partial charge in [0.05, 0.1) is 5.70 Å². The number of benzene rings is 2. The maximum absolute atomic E-state index is 14.3. The SMILES string of the molecule is CC(=O)N([C@@H](Cc1ccccc1)C(=O)C(=O)O)N1C(=O)C(C(C)C)N(C(=O)C(C)(C)C)C=C1c1ccccc1. The molecule has 0 aromatic heterocycles. The molecule has 2 aromatic rings. The van der Waals surface area contributed by atoms with Gasteiger partial charge < -0.3 is 10.0 Å². The van der Waals surface area contributed by atoms with Crippen molar-refractivity contribution in [3.8, 4) is 0 Å². The summed E-state index contributed by atoms with van der Waals surface area (Å²) in [6.07, 6.45) is 1.39. The molecule has 0 radical (unpaired) electrons. The molecule has 0 saturated heterocycles. The van der Waals surface area contributed by atoms with Crippen molar-refractivity contribution in [2.24, 2.45) is 11.3 Å². The summed E-state index contributed by atoms with van der Waals surface area (Å²) in [6, 6.07) is 14.9. The second-order valence-electron chi connectivity index (χ2n) is 10.9. The predicted molar refractivity (Wildman–Crippen MR) is 145 cm³/mol. The van der Waals surface area contributed by atoms with Gasteiger partial charge in [0.25, 0.3) is 11.7 Å². The molecule has 0 fully saturated rings. The Labute approximate surface area is 228 Å². The van der Waals surface area contributed by atoms with Gasteiger partial charge in [0.2, 0.25) is 11.8 Å². The third kappa shape index (κ3) is 6.25. The number of Topliss-reactive ketones (excluding diaryl/α,β-unsaturated/α-hetero) is 1. The molecule has 0 saturated carbocycles. The van der Waals surface area contributed by atoms with Crippen LogP contribution in [0.2, 0.25) is 0 Å². The molecule has 2 aromatic carbocycles. The third-order valence-electron chi connectivity index (χ3n) is 6.45. The lowest BCUT2D eigenvalue weighted by Gasteiger charge is -2.47. The minimum atomic E-state index is -1.72. The van der Waals surface area contributed by atoms with E-state index in [-0.39, 0.29) is 23.9 Å². The molecule has 0 aliphatic carbocycles. The van der Waals surface area contributed by atoms with Crippen LogP contribution in [0.3, 0.4) is 0 Å². The van der Waals surface area contributed by atoms with Crippen LogP contribution in [0, 0.1) is 11.3 Å². The normalized spacial score (nSPS) is 16.5. The molecule has 3 rings (SSSR count).